The Kier molecular flexibility index (Phi) is 6.85. The Morgan fingerprint density at radius 2 is 2.40 bits per heavy atom. The summed E-state index contributed by atoms with van der Waals surface area (Å²) in [6, 6.07) is 0. The van der Waals surface area contributed by atoms with E-state index in [2.05, 4.69) is 24.2 Å². The zero-order valence-electron chi connectivity index (χ0n) is 9.79. The van der Waals surface area contributed by atoms with Crippen LogP contribution in [0.4, 0.5) is 0 Å². The highest BCUT2D eigenvalue weighted by Gasteiger charge is 2.10. The van der Waals surface area contributed by atoms with Crippen molar-refractivity contribution in [3.63, 3.8) is 0 Å². The standard InChI is InChI=1S/C11H22N2OS/c1-3-6-14-7-4-5-12-11-13-8-10(2)9-15-11/h10H,3-9H2,1-2H3,(H,12,13). The number of thioether (sulfide) groups is 1. The second-order valence-electron chi connectivity index (χ2n) is 3.95. The molecule has 1 heterocycles. The van der Waals surface area contributed by atoms with Crippen molar-refractivity contribution in [3.05, 3.63) is 0 Å². The Hall–Kier alpha value is -0.220. The molecule has 15 heavy (non-hydrogen) atoms. The van der Waals surface area contributed by atoms with E-state index in [9.17, 15) is 0 Å². The van der Waals surface area contributed by atoms with Gasteiger partial charge in [0.2, 0.25) is 0 Å². The number of rotatable bonds is 6. The number of amidine groups is 1. The molecule has 1 unspecified atom stereocenters. The van der Waals surface area contributed by atoms with Crippen LogP contribution < -0.4 is 5.32 Å². The maximum absolute atomic E-state index is 5.40. The average Bonchev–Trinajstić information content (AvgIpc) is 2.26. The number of hydrogen-bond acceptors (Lipinski definition) is 4. The fraction of sp³-hybridized carbons (Fsp3) is 0.909. The highest BCUT2D eigenvalue weighted by Crippen LogP contribution is 2.15. The molecule has 0 bridgehead atoms. The smallest absolute Gasteiger partial charge is 0.156 e. The lowest BCUT2D eigenvalue weighted by Crippen LogP contribution is -2.27. The lowest BCUT2D eigenvalue weighted by molar-refractivity contribution is 0.133. The van der Waals surface area contributed by atoms with Crippen LogP contribution in [0.5, 0.6) is 0 Å². The summed E-state index contributed by atoms with van der Waals surface area (Å²) in [5.74, 6) is 1.92. The monoisotopic (exact) mass is 230 g/mol. The van der Waals surface area contributed by atoms with Crippen molar-refractivity contribution < 1.29 is 4.74 Å². The second-order valence-corrected chi connectivity index (χ2v) is 4.96. The Labute approximate surface area is 97.1 Å². The molecule has 0 saturated carbocycles. The molecule has 0 spiro atoms. The molecule has 1 aliphatic heterocycles. The fourth-order valence-electron chi connectivity index (χ4n) is 1.28. The normalized spacial score (nSPS) is 21.2. The second kappa shape index (κ2) is 7.99. The van der Waals surface area contributed by atoms with Gasteiger partial charge >= 0.3 is 0 Å². The summed E-state index contributed by atoms with van der Waals surface area (Å²) in [5.41, 5.74) is 0. The largest absolute Gasteiger partial charge is 0.381 e. The minimum absolute atomic E-state index is 0.730. The van der Waals surface area contributed by atoms with Crippen LogP contribution in [0.1, 0.15) is 26.7 Å². The van der Waals surface area contributed by atoms with Crippen molar-refractivity contribution in [1.82, 2.24) is 5.32 Å². The highest BCUT2D eigenvalue weighted by atomic mass is 32.2. The maximum atomic E-state index is 5.40. The first-order chi connectivity index (χ1) is 7.33. The molecular formula is C11H22N2OS. The van der Waals surface area contributed by atoms with E-state index in [1.165, 1.54) is 5.75 Å². The molecule has 0 saturated heterocycles. The van der Waals surface area contributed by atoms with Crippen molar-refractivity contribution in [2.45, 2.75) is 26.7 Å². The molecule has 3 nitrogen and oxygen atoms in total. The van der Waals surface area contributed by atoms with Gasteiger partial charge in [-0.15, -0.1) is 0 Å². The molecule has 1 N–H and O–H groups in total. The van der Waals surface area contributed by atoms with Gasteiger partial charge in [-0.1, -0.05) is 25.6 Å². The first-order valence-electron chi connectivity index (χ1n) is 5.81. The summed E-state index contributed by atoms with van der Waals surface area (Å²) in [7, 11) is 0. The van der Waals surface area contributed by atoms with E-state index < -0.39 is 0 Å². The molecule has 1 aliphatic rings. The Balaban J connectivity index is 1.96. The van der Waals surface area contributed by atoms with Gasteiger partial charge in [-0.05, 0) is 18.8 Å². The molecule has 0 radical (unpaired) electrons. The summed E-state index contributed by atoms with van der Waals surface area (Å²) in [4.78, 5) is 4.47. The number of nitrogens with one attached hydrogen (secondary N) is 1. The van der Waals surface area contributed by atoms with E-state index >= 15 is 0 Å². The third-order valence-corrected chi connectivity index (χ3v) is 3.42. The minimum Gasteiger partial charge on any atom is -0.381 e. The van der Waals surface area contributed by atoms with Crippen molar-refractivity contribution in [2.24, 2.45) is 10.9 Å². The summed E-state index contributed by atoms with van der Waals surface area (Å²) >= 11 is 1.84. The van der Waals surface area contributed by atoms with Crippen LogP contribution in [-0.4, -0.2) is 37.2 Å². The summed E-state index contributed by atoms with van der Waals surface area (Å²) < 4.78 is 5.40. The van der Waals surface area contributed by atoms with Crippen molar-refractivity contribution in [3.8, 4) is 0 Å². The zero-order valence-corrected chi connectivity index (χ0v) is 10.6. The summed E-state index contributed by atoms with van der Waals surface area (Å²) in [5, 5.41) is 4.47. The Morgan fingerprint density at radius 3 is 3.07 bits per heavy atom. The van der Waals surface area contributed by atoms with E-state index in [4.69, 9.17) is 4.74 Å². The number of ether oxygens (including phenoxy) is 1. The number of hydrogen-bond donors (Lipinski definition) is 1. The predicted octanol–water partition coefficient (Wildman–Crippen LogP) is 2.13. The van der Waals surface area contributed by atoms with E-state index in [1.807, 2.05) is 11.8 Å². The summed E-state index contributed by atoms with van der Waals surface area (Å²) in [6.45, 7) is 8.06. The molecule has 0 aliphatic carbocycles. The Bertz CT molecular complexity index is 197. The van der Waals surface area contributed by atoms with Gasteiger partial charge in [0.15, 0.2) is 5.17 Å². The van der Waals surface area contributed by atoms with Crippen LogP contribution in [0, 0.1) is 5.92 Å². The Morgan fingerprint density at radius 1 is 1.53 bits per heavy atom. The van der Waals surface area contributed by atoms with Crippen LogP contribution in [0.3, 0.4) is 0 Å². The quantitative estimate of drug-likeness (QED) is 0.710. The van der Waals surface area contributed by atoms with Gasteiger partial charge in [0.25, 0.3) is 0 Å². The molecule has 0 aromatic carbocycles. The van der Waals surface area contributed by atoms with E-state index in [-0.39, 0.29) is 0 Å². The van der Waals surface area contributed by atoms with Gasteiger partial charge in [0.05, 0.1) is 0 Å². The van der Waals surface area contributed by atoms with Crippen LogP contribution in [0.15, 0.2) is 4.99 Å². The molecule has 1 atom stereocenters. The molecule has 0 amide bonds. The number of nitrogens with zero attached hydrogens (tertiary/aromatic N) is 1. The minimum atomic E-state index is 0.730. The third-order valence-electron chi connectivity index (χ3n) is 2.14. The lowest BCUT2D eigenvalue weighted by Gasteiger charge is -2.17. The van der Waals surface area contributed by atoms with Crippen molar-refractivity contribution in [2.75, 3.05) is 32.1 Å². The SMILES string of the molecule is CCCOCCCNC1=NCC(C)CS1. The molecule has 4 heteroatoms. The third kappa shape index (κ3) is 6.05. The van der Waals surface area contributed by atoms with Gasteiger partial charge in [-0.3, -0.25) is 4.99 Å². The van der Waals surface area contributed by atoms with E-state index in [1.54, 1.807) is 0 Å². The molecule has 88 valence electrons. The van der Waals surface area contributed by atoms with Crippen LogP contribution in [0.25, 0.3) is 0 Å². The van der Waals surface area contributed by atoms with Crippen LogP contribution in [0.2, 0.25) is 0 Å². The predicted molar refractivity (Wildman–Crippen MR) is 67.7 cm³/mol. The van der Waals surface area contributed by atoms with Gasteiger partial charge in [0, 0.05) is 32.1 Å². The maximum Gasteiger partial charge on any atom is 0.156 e. The average molecular weight is 230 g/mol. The van der Waals surface area contributed by atoms with Crippen molar-refractivity contribution in [1.29, 1.82) is 0 Å². The zero-order chi connectivity index (χ0) is 10.9. The molecule has 1 rings (SSSR count). The first kappa shape index (κ1) is 12.8. The van der Waals surface area contributed by atoms with E-state index in [0.717, 1.165) is 50.2 Å². The molecule has 0 aromatic rings. The van der Waals surface area contributed by atoms with Crippen LogP contribution >= 0.6 is 11.8 Å². The fourth-order valence-corrected chi connectivity index (χ4v) is 2.20. The van der Waals surface area contributed by atoms with Crippen molar-refractivity contribution >= 4 is 16.9 Å². The van der Waals surface area contributed by atoms with Crippen LogP contribution in [-0.2, 0) is 4.74 Å². The van der Waals surface area contributed by atoms with Gasteiger partial charge in [-0.2, -0.15) is 0 Å². The summed E-state index contributed by atoms with van der Waals surface area (Å²) in [6.07, 6.45) is 2.17. The molecule has 0 fully saturated rings. The van der Waals surface area contributed by atoms with Gasteiger partial charge in [0.1, 0.15) is 0 Å². The number of aliphatic imine (C=N–C) groups is 1. The highest BCUT2D eigenvalue weighted by molar-refractivity contribution is 8.13. The van der Waals surface area contributed by atoms with E-state index in [0.29, 0.717) is 0 Å². The molecular weight excluding hydrogens is 208 g/mol. The molecule has 0 aromatic heterocycles. The first-order valence-corrected chi connectivity index (χ1v) is 6.80. The van der Waals surface area contributed by atoms with Gasteiger partial charge in [-0.25, -0.2) is 0 Å². The lowest BCUT2D eigenvalue weighted by atomic mass is 10.2. The topological polar surface area (TPSA) is 33.6 Å². The van der Waals surface area contributed by atoms with Gasteiger partial charge < -0.3 is 10.1 Å².